The number of hydrogen-bond donors (Lipinski definition) is 0. The summed E-state index contributed by atoms with van der Waals surface area (Å²) in [6.45, 7) is 2.66. The van der Waals surface area contributed by atoms with Crippen LogP contribution < -0.4 is 9.42 Å². The number of hydrogen-bond acceptors (Lipinski definition) is 4. The van der Waals surface area contributed by atoms with Gasteiger partial charge in [-0.3, -0.25) is 9.59 Å². The Morgan fingerprint density at radius 3 is 2.19 bits per heavy atom. The average Bonchev–Trinajstić information content (AvgIpc) is 3.46. The molecular formula is C30H23N2O4+. The molecule has 0 unspecified atom stereocenters. The second kappa shape index (κ2) is 8.50. The van der Waals surface area contributed by atoms with E-state index in [1.165, 1.54) is 0 Å². The van der Waals surface area contributed by atoms with Crippen molar-refractivity contribution < 1.29 is 23.4 Å². The fraction of sp³-hybridized carbons (Fsp3) is 0.100. The van der Waals surface area contributed by atoms with Crippen LogP contribution in [0.4, 0.5) is 0 Å². The highest BCUT2D eigenvalue weighted by molar-refractivity contribution is 6.31. The van der Waals surface area contributed by atoms with Crippen molar-refractivity contribution >= 4 is 34.8 Å². The number of nitrogens with zero attached hydrogens (tertiary/aromatic N) is 2. The predicted molar refractivity (Wildman–Crippen MR) is 137 cm³/mol. The van der Waals surface area contributed by atoms with Crippen molar-refractivity contribution in [3.63, 3.8) is 0 Å². The van der Waals surface area contributed by atoms with Gasteiger partial charge in [-0.1, -0.05) is 64.0 Å². The molecule has 2 aromatic heterocycles. The van der Waals surface area contributed by atoms with Crippen LogP contribution in [0.3, 0.4) is 0 Å². The van der Waals surface area contributed by atoms with Gasteiger partial charge in [-0.15, -0.1) is 0 Å². The number of ether oxygens (including phenoxy) is 1. The van der Waals surface area contributed by atoms with E-state index in [4.69, 9.17) is 9.15 Å². The number of methoxy groups -OCH3 is 1. The van der Waals surface area contributed by atoms with Crippen LogP contribution in [0.15, 0.2) is 83.3 Å². The molecule has 5 aromatic rings. The molecule has 1 aliphatic carbocycles. The van der Waals surface area contributed by atoms with E-state index >= 15 is 0 Å². The molecular weight excluding hydrogens is 452 g/mol. The molecule has 2 heterocycles. The van der Waals surface area contributed by atoms with E-state index in [2.05, 4.69) is 4.68 Å². The number of benzene rings is 3. The molecule has 176 valence electrons. The summed E-state index contributed by atoms with van der Waals surface area (Å²) in [4.78, 5) is 27.1. The molecule has 0 saturated heterocycles. The fourth-order valence-corrected chi connectivity index (χ4v) is 4.86. The molecule has 1 aliphatic rings. The molecule has 6 rings (SSSR count). The monoisotopic (exact) mass is 475 g/mol. The Kier molecular flexibility index (Phi) is 5.15. The van der Waals surface area contributed by atoms with Crippen LogP contribution in [0.5, 0.6) is 5.75 Å². The maximum atomic E-state index is 13.7. The minimum absolute atomic E-state index is 0.0933. The van der Waals surface area contributed by atoms with Gasteiger partial charge in [0, 0.05) is 17.2 Å². The zero-order valence-corrected chi connectivity index (χ0v) is 19.9. The van der Waals surface area contributed by atoms with E-state index in [1.54, 1.807) is 31.4 Å². The Balaban J connectivity index is 1.64. The van der Waals surface area contributed by atoms with Gasteiger partial charge in [0.1, 0.15) is 16.8 Å². The first kappa shape index (κ1) is 21.8. The van der Waals surface area contributed by atoms with Gasteiger partial charge >= 0.3 is 0 Å². The molecule has 0 amide bonds. The molecule has 0 saturated carbocycles. The number of carbonyl (C=O) groups is 2. The third-order valence-corrected chi connectivity index (χ3v) is 6.56. The smallest absolute Gasteiger partial charge is 0.273 e. The molecule has 0 spiro atoms. The number of fused-ring (bicyclic) bond motifs is 4. The van der Waals surface area contributed by atoms with Crippen molar-refractivity contribution in [2.24, 2.45) is 0 Å². The average molecular weight is 476 g/mol. The Morgan fingerprint density at radius 1 is 0.861 bits per heavy atom. The summed E-state index contributed by atoms with van der Waals surface area (Å²) >= 11 is 0. The van der Waals surface area contributed by atoms with E-state index in [9.17, 15) is 9.59 Å². The van der Waals surface area contributed by atoms with Gasteiger partial charge in [0.05, 0.1) is 12.7 Å². The molecule has 36 heavy (non-hydrogen) atoms. The van der Waals surface area contributed by atoms with E-state index < -0.39 is 0 Å². The van der Waals surface area contributed by atoms with E-state index in [0.29, 0.717) is 34.3 Å². The largest absolute Gasteiger partial charge is 0.497 e. The molecule has 3 aromatic carbocycles. The van der Waals surface area contributed by atoms with E-state index in [0.717, 1.165) is 22.7 Å². The first-order valence-corrected chi connectivity index (χ1v) is 11.8. The van der Waals surface area contributed by atoms with Crippen molar-refractivity contribution in [2.45, 2.75) is 13.5 Å². The van der Waals surface area contributed by atoms with Crippen molar-refractivity contribution in [3.8, 4) is 11.4 Å². The van der Waals surface area contributed by atoms with Crippen molar-refractivity contribution in [1.29, 1.82) is 0 Å². The number of aromatic nitrogens is 2. The zero-order valence-electron chi connectivity index (χ0n) is 19.9. The summed E-state index contributed by atoms with van der Waals surface area (Å²) in [7, 11) is 1.64. The Hall–Kier alpha value is -4.71. The molecule has 6 heteroatoms. The van der Waals surface area contributed by atoms with Gasteiger partial charge in [-0.05, 0) is 42.8 Å². The first-order chi connectivity index (χ1) is 17.6. The molecule has 6 nitrogen and oxygen atoms in total. The zero-order chi connectivity index (χ0) is 24.8. The maximum absolute atomic E-state index is 13.7. The summed E-state index contributed by atoms with van der Waals surface area (Å²) in [5, 5.41) is 0.633. The standard InChI is InChI=1S/C30H23N2O4/c1-3-31-24(18-15-19-13-16-21(35-2)17-14-19)25-26-27(33)22-11-7-8-12-23(22)28(34)29(26)36-30(25)32(31)20-9-5-4-6-10-20/h4-18H,3H2,1-2H3/q+1/b18-15+. The Labute approximate surface area is 207 Å². The lowest BCUT2D eigenvalue weighted by Gasteiger charge is -2.12. The number of ketones is 2. The molecule has 0 aliphatic heterocycles. The van der Waals surface area contributed by atoms with Crippen LogP contribution in [0, 0.1) is 0 Å². The number of carbonyl (C=O) groups excluding carboxylic acids is 2. The summed E-state index contributed by atoms with van der Waals surface area (Å²) in [5.41, 5.74) is 4.20. The number of furan rings is 1. The SMILES string of the molecule is CC[n+]1c(/C=C/c2ccc(OC)cc2)c2c3c(oc2n1-c1ccccc1)C(=O)c1ccccc1C3=O. The quantitative estimate of drug-likeness (QED) is 0.310. The van der Waals surface area contributed by atoms with Gasteiger partial charge in [-0.2, -0.15) is 0 Å². The van der Waals surface area contributed by atoms with Crippen LogP contribution in [0.2, 0.25) is 0 Å². The van der Waals surface area contributed by atoms with Gasteiger partial charge < -0.3 is 9.15 Å². The number of rotatable bonds is 5. The lowest BCUT2D eigenvalue weighted by Crippen LogP contribution is -2.43. The second-order valence-electron chi connectivity index (χ2n) is 8.55. The maximum Gasteiger partial charge on any atom is 0.273 e. The summed E-state index contributed by atoms with van der Waals surface area (Å²) in [6, 6.07) is 24.4. The molecule has 0 radical (unpaired) electrons. The van der Waals surface area contributed by atoms with Gasteiger partial charge in [-0.25, -0.2) is 0 Å². The fourth-order valence-electron chi connectivity index (χ4n) is 4.86. The number of para-hydroxylation sites is 1. The van der Waals surface area contributed by atoms with Gasteiger partial charge in [0.15, 0.2) is 18.1 Å². The lowest BCUT2D eigenvalue weighted by molar-refractivity contribution is -0.763. The summed E-state index contributed by atoms with van der Waals surface area (Å²) in [6.07, 6.45) is 3.96. The van der Waals surface area contributed by atoms with Crippen molar-refractivity contribution in [2.75, 3.05) is 7.11 Å². The summed E-state index contributed by atoms with van der Waals surface area (Å²) < 4.78 is 15.5. The Bertz CT molecular complexity index is 1670. The normalized spacial score (nSPS) is 12.8. The van der Waals surface area contributed by atoms with E-state index in [1.807, 2.05) is 78.4 Å². The van der Waals surface area contributed by atoms with Gasteiger partial charge in [0.2, 0.25) is 11.5 Å². The molecule has 0 bridgehead atoms. The second-order valence-corrected chi connectivity index (χ2v) is 8.55. The highest BCUT2D eigenvalue weighted by Crippen LogP contribution is 2.37. The predicted octanol–water partition coefficient (Wildman–Crippen LogP) is 5.49. The highest BCUT2D eigenvalue weighted by Gasteiger charge is 2.40. The molecule has 0 atom stereocenters. The summed E-state index contributed by atoms with van der Waals surface area (Å²) in [5.74, 6) is 0.395. The topological polar surface area (TPSA) is 65.3 Å². The van der Waals surface area contributed by atoms with Crippen molar-refractivity contribution in [1.82, 2.24) is 4.68 Å². The van der Waals surface area contributed by atoms with Crippen LogP contribution >= 0.6 is 0 Å². The third kappa shape index (κ3) is 3.22. The minimum atomic E-state index is -0.274. The van der Waals surface area contributed by atoms with Crippen molar-refractivity contribution in [3.05, 3.63) is 113 Å². The lowest BCUT2D eigenvalue weighted by atomic mass is 9.87. The van der Waals surface area contributed by atoms with Gasteiger partial charge in [0.25, 0.3) is 5.71 Å². The minimum Gasteiger partial charge on any atom is -0.497 e. The van der Waals surface area contributed by atoms with Crippen LogP contribution in [-0.2, 0) is 6.54 Å². The first-order valence-electron chi connectivity index (χ1n) is 11.8. The third-order valence-electron chi connectivity index (χ3n) is 6.56. The molecule has 0 N–H and O–H groups in total. The van der Waals surface area contributed by atoms with E-state index in [-0.39, 0.29) is 17.3 Å². The highest BCUT2D eigenvalue weighted by atomic mass is 16.5. The Morgan fingerprint density at radius 2 is 1.53 bits per heavy atom. The van der Waals surface area contributed by atoms with Crippen LogP contribution in [-0.4, -0.2) is 23.4 Å². The van der Waals surface area contributed by atoms with Crippen LogP contribution in [0.25, 0.3) is 28.9 Å². The van der Waals surface area contributed by atoms with Crippen LogP contribution in [0.1, 0.15) is 50.2 Å². The molecule has 0 fully saturated rings.